The number of para-hydroxylation sites is 1. The molecule has 0 unspecified atom stereocenters. The molecule has 104 valence electrons. The lowest BCUT2D eigenvalue weighted by molar-refractivity contribution is 0.341. The molecule has 0 bridgehead atoms. The summed E-state index contributed by atoms with van der Waals surface area (Å²) < 4.78 is 6.42. The minimum absolute atomic E-state index is 0.642. The van der Waals surface area contributed by atoms with Crippen LogP contribution in [0.1, 0.15) is 31.0 Å². The van der Waals surface area contributed by atoms with Gasteiger partial charge in [0.05, 0.1) is 12.2 Å². The first-order valence-corrected chi connectivity index (χ1v) is 7.54. The van der Waals surface area contributed by atoms with Crippen LogP contribution in [-0.4, -0.2) is 16.6 Å². The fourth-order valence-electron chi connectivity index (χ4n) is 2.69. The largest absolute Gasteiger partial charge is 0.493 e. The first kappa shape index (κ1) is 13.3. The van der Waals surface area contributed by atoms with Gasteiger partial charge >= 0.3 is 0 Å². The van der Waals surface area contributed by atoms with Gasteiger partial charge in [-0.3, -0.25) is 0 Å². The van der Waals surface area contributed by atoms with Crippen molar-refractivity contribution >= 4 is 12.2 Å². The Hall–Kier alpha value is -1.68. The van der Waals surface area contributed by atoms with Gasteiger partial charge in [0.15, 0.2) is 0 Å². The molecule has 0 atom stereocenters. The Labute approximate surface area is 124 Å². The summed E-state index contributed by atoms with van der Waals surface area (Å²) >= 11 is 5.46. The summed E-state index contributed by atoms with van der Waals surface area (Å²) in [6.07, 6.45) is 4.53. The van der Waals surface area contributed by atoms with Gasteiger partial charge in [0, 0.05) is 11.3 Å². The second kappa shape index (κ2) is 5.75. The van der Waals surface area contributed by atoms with Gasteiger partial charge in [-0.2, -0.15) is 0 Å². The number of hydrogen-bond acceptors (Lipinski definition) is 3. The number of aromatic nitrogens is 2. The average molecular weight is 286 g/mol. The maximum absolute atomic E-state index is 5.68. The monoisotopic (exact) mass is 286 g/mol. The van der Waals surface area contributed by atoms with Crippen molar-refractivity contribution in [1.29, 1.82) is 0 Å². The average Bonchev–Trinajstić information content (AvgIpc) is 2.48. The maximum Gasteiger partial charge on any atom is 0.142 e. The number of aryl methyl sites for hydroxylation is 1. The zero-order valence-corrected chi connectivity index (χ0v) is 12.4. The molecule has 0 radical (unpaired) electrons. The first-order chi connectivity index (χ1) is 9.79. The SMILES string of the molecule is CCOc1ccccc1-c1nc(=S)c2c([nH]1)CCCC2. The number of rotatable bonds is 3. The third kappa shape index (κ3) is 2.48. The fraction of sp³-hybridized carbons (Fsp3) is 0.375. The van der Waals surface area contributed by atoms with Crippen LogP contribution in [0.2, 0.25) is 0 Å². The molecule has 1 heterocycles. The van der Waals surface area contributed by atoms with E-state index in [2.05, 4.69) is 9.97 Å². The smallest absolute Gasteiger partial charge is 0.142 e. The van der Waals surface area contributed by atoms with E-state index < -0.39 is 0 Å². The highest BCUT2D eigenvalue weighted by molar-refractivity contribution is 7.71. The molecule has 4 heteroatoms. The molecule has 3 rings (SSSR count). The van der Waals surface area contributed by atoms with Crippen molar-refractivity contribution in [3.8, 4) is 17.1 Å². The summed E-state index contributed by atoms with van der Waals surface area (Å²) in [5, 5.41) is 0. The number of ether oxygens (including phenoxy) is 1. The topological polar surface area (TPSA) is 37.9 Å². The predicted octanol–water partition coefficient (Wildman–Crippen LogP) is 4.08. The molecular weight excluding hydrogens is 268 g/mol. The number of nitrogens with one attached hydrogen (secondary N) is 1. The van der Waals surface area contributed by atoms with Crippen molar-refractivity contribution in [3.63, 3.8) is 0 Å². The Morgan fingerprint density at radius 3 is 2.90 bits per heavy atom. The summed E-state index contributed by atoms with van der Waals surface area (Å²) in [7, 11) is 0. The Morgan fingerprint density at radius 2 is 2.05 bits per heavy atom. The molecular formula is C16H18N2OS. The van der Waals surface area contributed by atoms with Crippen molar-refractivity contribution in [2.75, 3.05) is 6.61 Å². The van der Waals surface area contributed by atoms with E-state index in [1.54, 1.807) is 0 Å². The van der Waals surface area contributed by atoms with Gasteiger partial charge in [0.1, 0.15) is 16.2 Å². The van der Waals surface area contributed by atoms with E-state index in [9.17, 15) is 0 Å². The van der Waals surface area contributed by atoms with Gasteiger partial charge in [-0.15, -0.1) is 0 Å². The quantitative estimate of drug-likeness (QED) is 0.864. The summed E-state index contributed by atoms with van der Waals surface area (Å²) in [5.74, 6) is 1.67. The summed E-state index contributed by atoms with van der Waals surface area (Å²) in [6, 6.07) is 7.96. The maximum atomic E-state index is 5.68. The van der Waals surface area contributed by atoms with Crippen LogP contribution >= 0.6 is 12.2 Å². The van der Waals surface area contributed by atoms with Crippen molar-refractivity contribution in [2.45, 2.75) is 32.6 Å². The van der Waals surface area contributed by atoms with Gasteiger partial charge < -0.3 is 9.72 Å². The molecule has 0 fully saturated rings. The first-order valence-electron chi connectivity index (χ1n) is 7.14. The van der Waals surface area contributed by atoms with Crippen LogP contribution in [0.3, 0.4) is 0 Å². The highest BCUT2D eigenvalue weighted by Crippen LogP contribution is 2.29. The molecule has 1 N–H and O–H groups in total. The fourth-order valence-corrected chi connectivity index (χ4v) is 3.01. The van der Waals surface area contributed by atoms with E-state index in [1.165, 1.54) is 24.1 Å². The number of fused-ring (bicyclic) bond motifs is 1. The second-order valence-corrected chi connectivity index (χ2v) is 5.37. The normalized spacial score (nSPS) is 13.8. The van der Waals surface area contributed by atoms with Gasteiger partial charge in [-0.25, -0.2) is 4.98 Å². The van der Waals surface area contributed by atoms with Crippen molar-refractivity contribution in [3.05, 3.63) is 40.2 Å². The molecule has 1 aliphatic carbocycles. The van der Waals surface area contributed by atoms with Crippen molar-refractivity contribution < 1.29 is 4.74 Å². The number of nitrogens with zero attached hydrogens (tertiary/aromatic N) is 1. The van der Waals surface area contributed by atoms with Crippen molar-refractivity contribution in [2.24, 2.45) is 0 Å². The molecule has 0 aliphatic heterocycles. The van der Waals surface area contributed by atoms with Crippen LogP contribution in [0.5, 0.6) is 5.75 Å². The molecule has 0 saturated carbocycles. The van der Waals surface area contributed by atoms with Crippen LogP contribution in [0.15, 0.2) is 24.3 Å². The Bertz CT molecular complexity index is 678. The Kier molecular flexibility index (Phi) is 3.83. The molecule has 0 amide bonds. The zero-order chi connectivity index (χ0) is 13.9. The number of hydrogen-bond donors (Lipinski definition) is 1. The molecule has 0 saturated heterocycles. The van der Waals surface area contributed by atoms with Gasteiger partial charge in [-0.05, 0) is 44.7 Å². The number of aromatic amines is 1. The third-order valence-electron chi connectivity index (χ3n) is 3.65. The van der Waals surface area contributed by atoms with E-state index in [0.29, 0.717) is 6.61 Å². The van der Waals surface area contributed by atoms with E-state index in [0.717, 1.165) is 34.6 Å². The van der Waals surface area contributed by atoms with E-state index in [-0.39, 0.29) is 0 Å². The summed E-state index contributed by atoms with van der Waals surface area (Å²) in [4.78, 5) is 8.04. The second-order valence-electron chi connectivity index (χ2n) is 4.98. The van der Waals surface area contributed by atoms with Crippen LogP contribution in [0.4, 0.5) is 0 Å². The standard InChI is InChI=1S/C16H18N2OS/c1-2-19-14-10-6-4-8-12(14)15-17-13-9-5-3-7-11(13)16(20)18-15/h4,6,8,10H,2-3,5,7,9H2,1H3,(H,17,18,20). The summed E-state index contributed by atoms with van der Waals surface area (Å²) in [5.41, 5.74) is 3.45. The molecule has 2 aromatic rings. The van der Waals surface area contributed by atoms with Crippen LogP contribution in [0.25, 0.3) is 11.4 Å². The molecule has 1 aromatic heterocycles. The van der Waals surface area contributed by atoms with Crippen LogP contribution < -0.4 is 4.74 Å². The van der Waals surface area contributed by atoms with E-state index in [4.69, 9.17) is 17.0 Å². The number of H-pyrrole nitrogens is 1. The molecule has 20 heavy (non-hydrogen) atoms. The van der Waals surface area contributed by atoms with E-state index in [1.807, 2.05) is 31.2 Å². The van der Waals surface area contributed by atoms with Gasteiger partial charge in [0.25, 0.3) is 0 Å². The van der Waals surface area contributed by atoms with Crippen LogP contribution in [-0.2, 0) is 12.8 Å². The minimum atomic E-state index is 0.642. The van der Waals surface area contributed by atoms with Gasteiger partial charge in [0.2, 0.25) is 0 Å². The third-order valence-corrected chi connectivity index (χ3v) is 3.99. The van der Waals surface area contributed by atoms with Gasteiger partial charge in [-0.1, -0.05) is 24.4 Å². The lowest BCUT2D eigenvalue weighted by Gasteiger charge is -2.17. The Morgan fingerprint density at radius 1 is 1.25 bits per heavy atom. The van der Waals surface area contributed by atoms with Crippen molar-refractivity contribution in [1.82, 2.24) is 9.97 Å². The predicted molar refractivity (Wildman–Crippen MR) is 82.7 cm³/mol. The summed E-state index contributed by atoms with van der Waals surface area (Å²) in [6.45, 7) is 2.63. The Balaban J connectivity index is 2.11. The van der Waals surface area contributed by atoms with E-state index >= 15 is 0 Å². The molecule has 3 nitrogen and oxygen atoms in total. The zero-order valence-electron chi connectivity index (χ0n) is 11.6. The molecule has 0 spiro atoms. The lowest BCUT2D eigenvalue weighted by Crippen LogP contribution is -2.09. The lowest BCUT2D eigenvalue weighted by atomic mass is 9.97. The molecule has 1 aromatic carbocycles. The highest BCUT2D eigenvalue weighted by atomic mass is 32.1. The number of benzene rings is 1. The highest BCUT2D eigenvalue weighted by Gasteiger charge is 2.15. The molecule has 1 aliphatic rings. The van der Waals surface area contributed by atoms with Crippen LogP contribution in [0, 0.1) is 4.64 Å². The minimum Gasteiger partial charge on any atom is -0.493 e.